The van der Waals surface area contributed by atoms with Crippen LogP contribution in [0, 0.1) is 0 Å². The number of piperidine rings is 1. The van der Waals surface area contributed by atoms with E-state index in [1.54, 1.807) is 0 Å². The van der Waals surface area contributed by atoms with Crippen molar-refractivity contribution < 1.29 is 9.59 Å². The lowest BCUT2D eigenvalue weighted by atomic mass is 10.1. The highest BCUT2D eigenvalue weighted by Crippen LogP contribution is 2.22. The Morgan fingerprint density at radius 1 is 1.00 bits per heavy atom. The summed E-state index contributed by atoms with van der Waals surface area (Å²) in [5.41, 5.74) is 0. The number of nitrogens with one attached hydrogen (secondary N) is 1. The molecule has 0 aromatic heterocycles. The average molecular weight is 216 g/mol. The second-order valence-electron chi connectivity index (χ2n) is 2.10. The molecule has 2 unspecified atom stereocenters. The van der Waals surface area contributed by atoms with E-state index >= 15 is 0 Å². The van der Waals surface area contributed by atoms with Crippen LogP contribution in [-0.2, 0) is 9.59 Å². The van der Waals surface area contributed by atoms with E-state index in [2.05, 4.69) is 0 Å². The number of amides is 2. The predicted molar refractivity (Wildman–Crippen MR) is 42.1 cm³/mol. The van der Waals surface area contributed by atoms with Gasteiger partial charge in [0.05, 0.1) is 5.38 Å². The molecule has 11 heavy (non-hydrogen) atoms. The van der Waals surface area contributed by atoms with Crippen LogP contribution >= 0.6 is 34.8 Å². The van der Waals surface area contributed by atoms with Crippen molar-refractivity contribution in [3.8, 4) is 0 Å². The van der Waals surface area contributed by atoms with Crippen LogP contribution in [0.3, 0.4) is 0 Å². The van der Waals surface area contributed by atoms with E-state index in [0.29, 0.717) is 0 Å². The number of hydrogen-bond donors (Lipinski definition) is 1. The van der Waals surface area contributed by atoms with Gasteiger partial charge in [0.2, 0.25) is 11.8 Å². The summed E-state index contributed by atoms with van der Waals surface area (Å²) >= 11 is 16.6. The van der Waals surface area contributed by atoms with Crippen molar-refractivity contribution in [1.29, 1.82) is 0 Å². The number of alkyl halides is 3. The van der Waals surface area contributed by atoms with Gasteiger partial charge in [-0.3, -0.25) is 14.9 Å². The summed E-state index contributed by atoms with van der Waals surface area (Å²) in [7, 11) is 0. The maximum Gasteiger partial charge on any atom is 0.246 e. The number of rotatable bonds is 0. The van der Waals surface area contributed by atoms with Crippen molar-refractivity contribution in [2.24, 2.45) is 0 Å². The van der Waals surface area contributed by atoms with E-state index < -0.39 is 27.9 Å². The third-order valence-corrected chi connectivity index (χ3v) is 3.01. The number of hydrogen-bond acceptors (Lipinski definition) is 2. The molecule has 1 aliphatic rings. The lowest BCUT2D eigenvalue weighted by Crippen LogP contribution is -2.54. The monoisotopic (exact) mass is 215 g/mol. The standard InChI is InChI=1S/C5H4Cl3NO2/c6-1-2(7)4(10)9-5(11)3(1)8/h1-3H,(H,9,10,11). The van der Waals surface area contributed by atoms with Crippen molar-refractivity contribution in [3.05, 3.63) is 0 Å². The molecule has 1 heterocycles. The average Bonchev–Trinajstić information content (AvgIpc) is 1.97. The second kappa shape index (κ2) is 3.17. The molecule has 0 saturated carbocycles. The minimum Gasteiger partial charge on any atom is -0.294 e. The first-order valence-electron chi connectivity index (χ1n) is 2.81. The van der Waals surface area contributed by atoms with Crippen LogP contribution in [-0.4, -0.2) is 27.9 Å². The van der Waals surface area contributed by atoms with E-state index in [9.17, 15) is 9.59 Å². The fourth-order valence-corrected chi connectivity index (χ4v) is 1.40. The maximum atomic E-state index is 10.8. The Kier molecular flexibility index (Phi) is 2.62. The van der Waals surface area contributed by atoms with Crippen molar-refractivity contribution in [2.45, 2.75) is 16.1 Å². The Balaban J connectivity index is 2.78. The van der Waals surface area contributed by atoms with Gasteiger partial charge in [0.1, 0.15) is 10.8 Å². The molecule has 0 bridgehead atoms. The Morgan fingerprint density at radius 3 is 1.73 bits per heavy atom. The number of carbonyl (C=O) groups is 2. The number of carbonyl (C=O) groups excluding carboxylic acids is 2. The molecule has 0 spiro atoms. The van der Waals surface area contributed by atoms with Gasteiger partial charge in [0.25, 0.3) is 0 Å². The molecule has 0 aromatic rings. The van der Waals surface area contributed by atoms with E-state index in [1.165, 1.54) is 0 Å². The quantitative estimate of drug-likeness (QED) is 0.472. The Morgan fingerprint density at radius 2 is 1.36 bits per heavy atom. The minimum atomic E-state index is -0.933. The van der Waals surface area contributed by atoms with E-state index in [1.807, 2.05) is 5.32 Å². The first-order valence-corrected chi connectivity index (χ1v) is 4.12. The molecule has 1 saturated heterocycles. The van der Waals surface area contributed by atoms with Crippen LogP contribution in [0.1, 0.15) is 0 Å². The van der Waals surface area contributed by atoms with E-state index in [-0.39, 0.29) is 0 Å². The zero-order valence-corrected chi connectivity index (χ0v) is 7.45. The Bertz CT molecular complexity index is 188. The van der Waals surface area contributed by atoms with Gasteiger partial charge in [0.15, 0.2) is 0 Å². The lowest BCUT2D eigenvalue weighted by molar-refractivity contribution is -0.132. The van der Waals surface area contributed by atoms with Crippen molar-refractivity contribution in [2.75, 3.05) is 0 Å². The molecule has 1 fully saturated rings. The summed E-state index contributed by atoms with van der Waals surface area (Å²) in [5, 5.41) is -0.718. The summed E-state index contributed by atoms with van der Waals surface area (Å²) < 4.78 is 0. The van der Waals surface area contributed by atoms with Crippen molar-refractivity contribution >= 4 is 46.6 Å². The first kappa shape index (κ1) is 9.10. The SMILES string of the molecule is O=C1NC(=O)C(Cl)C(Cl)C1Cl. The molecule has 0 radical (unpaired) electrons. The lowest BCUT2D eigenvalue weighted by Gasteiger charge is -2.24. The predicted octanol–water partition coefficient (Wildman–Crippen LogP) is 0.465. The van der Waals surface area contributed by atoms with Crippen molar-refractivity contribution in [3.63, 3.8) is 0 Å². The van der Waals surface area contributed by atoms with Crippen molar-refractivity contribution in [1.82, 2.24) is 5.32 Å². The molecular formula is C5H4Cl3NO2. The molecule has 0 aliphatic carbocycles. The highest BCUT2D eigenvalue weighted by atomic mass is 35.5. The molecule has 1 aliphatic heterocycles. The second-order valence-corrected chi connectivity index (χ2v) is 3.55. The smallest absolute Gasteiger partial charge is 0.246 e. The van der Waals surface area contributed by atoms with E-state index in [4.69, 9.17) is 34.8 Å². The fourth-order valence-electron chi connectivity index (χ4n) is 0.697. The summed E-state index contributed by atoms with van der Waals surface area (Å²) in [5.74, 6) is -1.18. The molecule has 2 amide bonds. The van der Waals surface area contributed by atoms with Gasteiger partial charge < -0.3 is 0 Å². The van der Waals surface area contributed by atoms with Crippen LogP contribution in [0.25, 0.3) is 0 Å². The van der Waals surface area contributed by atoms with Gasteiger partial charge in [-0.2, -0.15) is 0 Å². The minimum absolute atomic E-state index is 0.589. The van der Waals surface area contributed by atoms with Gasteiger partial charge >= 0.3 is 0 Å². The maximum absolute atomic E-state index is 10.8. The third kappa shape index (κ3) is 1.60. The molecule has 0 aromatic carbocycles. The molecule has 62 valence electrons. The van der Waals surface area contributed by atoms with Gasteiger partial charge in [-0.15, -0.1) is 34.8 Å². The number of imide groups is 1. The van der Waals surface area contributed by atoms with Gasteiger partial charge in [-0.25, -0.2) is 0 Å². The summed E-state index contributed by atoms with van der Waals surface area (Å²) in [6.45, 7) is 0. The van der Waals surface area contributed by atoms with Gasteiger partial charge in [0, 0.05) is 0 Å². The molecule has 2 atom stereocenters. The third-order valence-electron chi connectivity index (χ3n) is 1.31. The molecule has 3 nitrogen and oxygen atoms in total. The Labute approximate surface area is 78.0 Å². The molecular weight excluding hydrogens is 212 g/mol. The molecule has 6 heteroatoms. The topological polar surface area (TPSA) is 46.2 Å². The highest BCUT2D eigenvalue weighted by Gasteiger charge is 2.40. The zero-order valence-electron chi connectivity index (χ0n) is 5.18. The molecule has 1 rings (SSSR count). The summed E-state index contributed by atoms with van der Waals surface area (Å²) in [6.07, 6.45) is 0. The normalized spacial score (nSPS) is 38.6. The van der Waals surface area contributed by atoms with E-state index in [0.717, 1.165) is 0 Å². The van der Waals surface area contributed by atoms with Crippen LogP contribution in [0.15, 0.2) is 0 Å². The van der Waals surface area contributed by atoms with Crippen LogP contribution in [0.4, 0.5) is 0 Å². The van der Waals surface area contributed by atoms with Gasteiger partial charge in [-0.1, -0.05) is 0 Å². The van der Waals surface area contributed by atoms with Crippen LogP contribution < -0.4 is 5.32 Å². The first-order chi connectivity index (χ1) is 5.04. The summed E-state index contributed by atoms with van der Waals surface area (Å²) in [4.78, 5) is 21.5. The Hall–Kier alpha value is 0.01000. The van der Waals surface area contributed by atoms with Crippen LogP contribution in [0.5, 0.6) is 0 Å². The zero-order chi connectivity index (χ0) is 8.59. The molecule has 1 N–H and O–H groups in total. The van der Waals surface area contributed by atoms with Gasteiger partial charge in [-0.05, 0) is 0 Å². The largest absolute Gasteiger partial charge is 0.294 e. The summed E-state index contributed by atoms with van der Waals surface area (Å²) in [6, 6.07) is 0. The van der Waals surface area contributed by atoms with Crippen LogP contribution in [0.2, 0.25) is 0 Å². The highest BCUT2D eigenvalue weighted by molar-refractivity contribution is 6.46. The number of halogens is 3. The fraction of sp³-hybridized carbons (Fsp3) is 0.600.